The topological polar surface area (TPSA) is 132 Å². The van der Waals surface area contributed by atoms with Crippen LogP contribution in [0.25, 0.3) is 16.8 Å². The maximum atomic E-state index is 12.0. The van der Waals surface area contributed by atoms with Gasteiger partial charge in [0.25, 0.3) is 9.70 Å². The van der Waals surface area contributed by atoms with Gasteiger partial charge in [0.1, 0.15) is 5.75 Å². The number of nitrogens with one attached hydrogen (secondary N) is 1. The van der Waals surface area contributed by atoms with Gasteiger partial charge in [0, 0.05) is 24.3 Å². The molecule has 0 radical (unpaired) electrons. The molecule has 0 saturated carbocycles. The maximum absolute atomic E-state index is 12.0. The van der Waals surface area contributed by atoms with E-state index in [1.54, 1.807) is 28.9 Å². The summed E-state index contributed by atoms with van der Waals surface area (Å²) in [6.07, 6.45) is -0.505. The van der Waals surface area contributed by atoms with Gasteiger partial charge in [-0.3, -0.25) is 4.79 Å². The number of aromatic hydroxyl groups is 1. The predicted octanol–water partition coefficient (Wildman–Crippen LogP) is 6.85. The smallest absolute Gasteiger partial charge is 0.272 e. The summed E-state index contributed by atoms with van der Waals surface area (Å²) < 4.78 is 12.6. The molecule has 0 unspecified atom stereocenters. The fourth-order valence-corrected chi connectivity index (χ4v) is 6.30. The summed E-state index contributed by atoms with van der Waals surface area (Å²) in [5, 5.41) is 34.6. The minimum atomic E-state index is -2.03. The number of aromatic nitrogens is 4. The summed E-state index contributed by atoms with van der Waals surface area (Å²) in [5.74, 6) is 0.0272. The Labute approximate surface area is 295 Å². The Morgan fingerprint density at radius 2 is 1.65 bits per heavy atom. The van der Waals surface area contributed by atoms with E-state index in [-0.39, 0.29) is 31.1 Å². The number of aliphatic hydroxyl groups excluding tert-OH is 1. The molecule has 48 heavy (non-hydrogen) atoms. The molecule has 4 aromatic carbocycles. The fourth-order valence-electron chi connectivity index (χ4n) is 5.19. The number of hydrogen-bond acceptors (Lipinski definition) is 9. The summed E-state index contributed by atoms with van der Waals surface area (Å²) >= 11 is 18.5. The predicted molar refractivity (Wildman–Crippen MR) is 184 cm³/mol. The van der Waals surface area contributed by atoms with Crippen LogP contribution in [0.5, 0.6) is 5.75 Å². The Kier molecular flexibility index (Phi) is 10.9. The van der Waals surface area contributed by atoms with Gasteiger partial charge in [0.15, 0.2) is 6.29 Å². The van der Waals surface area contributed by atoms with E-state index < -0.39 is 16.0 Å². The number of benzene rings is 4. The van der Waals surface area contributed by atoms with E-state index in [1.165, 1.54) is 11.8 Å². The van der Waals surface area contributed by atoms with Crippen molar-refractivity contribution in [3.05, 3.63) is 119 Å². The third-order valence-electron chi connectivity index (χ3n) is 7.70. The Balaban J connectivity index is 1.18. The largest absolute Gasteiger partial charge is 0.508 e. The summed E-state index contributed by atoms with van der Waals surface area (Å²) in [6.45, 7) is 0.176. The first-order valence-electron chi connectivity index (χ1n) is 14.9. The lowest BCUT2D eigenvalue weighted by molar-refractivity contribution is -0.245. The van der Waals surface area contributed by atoms with Gasteiger partial charge in [-0.1, -0.05) is 113 Å². The summed E-state index contributed by atoms with van der Waals surface area (Å²) in [6, 6.07) is 30.1. The number of rotatable bonds is 10. The van der Waals surface area contributed by atoms with E-state index in [0.29, 0.717) is 17.3 Å². The molecule has 6 rings (SSSR count). The number of carbonyl (C=O) groups excluding carboxylic acids is 1. The second-order valence-corrected chi connectivity index (χ2v) is 14.3. The molecule has 1 amide bonds. The van der Waals surface area contributed by atoms with Crippen molar-refractivity contribution in [1.29, 1.82) is 0 Å². The maximum Gasteiger partial charge on any atom is 0.272 e. The van der Waals surface area contributed by atoms with Crippen LogP contribution in [0.4, 0.5) is 0 Å². The molecule has 0 aliphatic carbocycles. The van der Waals surface area contributed by atoms with Crippen molar-refractivity contribution in [2.24, 2.45) is 0 Å². The quantitative estimate of drug-likeness (QED) is 0.104. The van der Waals surface area contributed by atoms with E-state index in [0.717, 1.165) is 39.1 Å². The van der Waals surface area contributed by atoms with Crippen LogP contribution in [0.1, 0.15) is 41.1 Å². The zero-order chi connectivity index (χ0) is 33.7. The third-order valence-corrected chi connectivity index (χ3v) is 9.27. The Morgan fingerprint density at radius 1 is 0.917 bits per heavy atom. The first-order valence-corrected chi connectivity index (χ1v) is 17.0. The van der Waals surface area contributed by atoms with Gasteiger partial charge in [-0.15, -0.1) is 5.10 Å². The molecule has 1 aromatic heterocycles. The number of hydrogen-bond donors (Lipinski definition) is 3. The first kappa shape index (κ1) is 34.2. The first-order chi connectivity index (χ1) is 23.2. The van der Waals surface area contributed by atoms with Gasteiger partial charge in [0.05, 0.1) is 24.5 Å². The monoisotopic (exact) mass is 725 g/mol. The normalized spacial score (nSPS) is 18.0. The minimum Gasteiger partial charge on any atom is -0.508 e. The molecule has 248 valence electrons. The molecule has 3 atom stereocenters. The molecule has 10 nitrogen and oxygen atoms in total. The van der Waals surface area contributed by atoms with Gasteiger partial charge < -0.3 is 25.0 Å². The number of aliphatic hydroxyl groups is 1. The SMILES string of the molecule is O=C(NCc1cccc(-c2ccc([C@@H]3O[C@H](CSc4nnnn4-c4ccc(O)cc4)C[C@H](c4ccc(CO)cc4)O3)cc2)c1)C(Cl)(Cl)Cl. The molecule has 1 aliphatic rings. The van der Waals surface area contributed by atoms with Crippen molar-refractivity contribution < 1.29 is 24.5 Å². The second-order valence-electron chi connectivity index (χ2n) is 11.1. The molecular formula is C34H30Cl3N5O5S. The average molecular weight is 727 g/mol. The molecule has 14 heteroatoms. The zero-order valence-electron chi connectivity index (χ0n) is 25.2. The lowest BCUT2D eigenvalue weighted by Gasteiger charge is -2.36. The highest BCUT2D eigenvalue weighted by molar-refractivity contribution is 7.99. The van der Waals surface area contributed by atoms with Crippen molar-refractivity contribution in [2.45, 2.75) is 47.0 Å². The minimum absolute atomic E-state index is 0.0363. The van der Waals surface area contributed by atoms with E-state index in [1.807, 2.05) is 72.8 Å². The second kappa shape index (κ2) is 15.3. The molecule has 5 aromatic rings. The van der Waals surface area contributed by atoms with E-state index in [2.05, 4.69) is 20.8 Å². The van der Waals surface area contributed by atoms with Crippen LogP contribution >= 0.6 is 46.6 Å². The number of tetrazole rings is 1. The molecule has 2 heterocycles. The standard InChI is InChI=1S/C34H30Cl3N5O5S/c35-34(36,37)32(45)38-18-22-2-1-3-26(16-22)23-8-10-25(11-9-23)31-46-29(17-30(47-31)24-6-4-21(19-43)5-7-24)20-48-33-39-40-41-42(33)27-12-14-28(44)15-13-27/h1-16,29-31,43-44H,17-20H2,(H,38,45)/t29-,30+,31+/m0/s1. The van der Waals surface area contributed by atoms with Gasteiger partial charge in [0.2, 0.25) is 5.16 Å². The number of nitrogens with zero attached hydrogens (tertiary/aromatic N) is 4. The zero-order valence-corrected chi connectivity index (χ0v) is 28.3. The number of carbonyl (C=O) groups is 1. The van der Waals surface area contributed by atoms with Crippen LogP contribution < -0.4 is 5.32 Å². The van der Waals surface area contributed by atoms with Gasteiger partial charge in [-0.05, 0) is 68.6 Å². The van der Waals surface area contributed by atoms with Crippen LogP contribution in [0.3, 0.4) is 0 Å². The van der Waals surface area contributed by atoms with Gasteiger partial charge in [-0.25, -0.2) is 0 Å². The molecule has 1 saturated heterocycles. The summed E-state index contributed by atoms with van der Waals surface area (Å²) in [7, 11) is 0. The number of amides is 1. The lowest BCUT2D eigenvalue weighted by Crippen LogP contribution is -2.33. The van der Waals surface area contributed by atoms with Crippen LogP contribution in [-0.4, -0.2) is 52.0 Å². The number of phenolic OH excluding ortho intramolecular Hbond substituents is 1. The van der Waals surface area contributed by atoms with E-state index >= 15 is 0 Å². The Morgan fingerprint density at radius 3 is 2.35 bits per heavy atom. The number of alkyl halides is 3. The third kappa shape index (κ3) is 8.48. The lowest BCUT2D eigenvalue weighted by atomic mass is 9.99. The molecular weight excluding hydrogens is 697 g/mol. The summed E-state index contributed by atoms with van der Waals surface area (Å²) in [4.78, 5) is 12.0. The van der Waals surface area contributed by atoms with Crippen molar-refractivity contribution in [3.63, 3.8) is 0 Å². The Bertz CT molecular complexity index is 1840. The number of phenols is 1. The van der Waals surface area contributed by atoms with Crippen molar-refractivity contribution >= 4 is 52.5 Å². The number of halogens is 3. The van der Waals surface area contributed by atoms with Crippen LogP contribution in [0.2, 0.25) is 0 Å². The highest BCUT2D eigenvalue weighted by Gasteiger charge is 2.33. The Hall–Kier alpha value is -3.68. The van der Waals surface area contributed by atoms with Crippen molar-refractivity contribution in [3.8, 4) is 22.6 Å². The molecule has 0 bridgehead atoms. The number of ether oxygens (including phenoxy) is 2. The fraction of sp³-hybridized carbons (Fsp3) is 0.235. The molecule has 1 aliphatic heterocycles. The van der Waals surface area contributed by atoms with E-state index in [4.69, 9.17) is 44.3 Å². The highest BCUT2D eigenvalue weighted by Crippen LogP contribution is 2.40. The van der Waals surface area contributed by atoms with E-state index in [9.17, 15) is 15.0 Å². The van der Waals surface area contributed by atoms with Crippen LogP contribution in [0.15, 0.2) is 102 Å². The molecule has 1 fully saturated rings. The van der Waals surface area contributed by atoms with Gasteiger partial charge >= 0.3 is 0 Å². The molecule has 3 N–H and O–H groups in total. The average Bonchev–Trinajstić information content (AvgIpc) is 3.58. The highest BCUT2D eigenvalue weighted by atomic mass is 35.6. The van der Waals surface area contributed by atoms with Crippen molar-refractivity contribution in [2.75, 3.05) is 5.75 Å². The van der Waals surface area contributed by atoms with Crippen LogP contribution in [-0.2, 0) is 27.4 Å². The van der Waals surface area contributed by atoms with Crippen LogP contribution in [0, 0.1) is 0 Å². The van der Waals surface area contributed by atoms with Gasteiger partial charge in [-0.2, -0.15) is 4.68 Å². The number of thioether (sulfide) groups is 1. The molecule has 0 spiro atoms. The van der Waals surface area contributed by atoms with Crippen molar-refractivity contribution in [1.82, 2.24) is 25.5 Å². The summed E-state index contributed by atoms with van der Waals surface area (Å²) in [5.41, 5.74) is 6.16.